The lowest BCUT2D eigenvalue weighted by molar-refractivity contribution is -0.123. The Hall–Kier alpha value is -5.32. The molecule has 0 aliphatic carbocycles. The molecule has 0 radical (unpaired) electrons. The van der Waals surface area contributed by atoms with E-state index in [0.29, 0.717) is 30.5 Å². The van der Waals surface area contributed by atoms with Crippen molar-refractivity contribution in [1.29, 1.82) is 0 Å². The Kier molecular flexibility index (Phi) is 9.67. The van der Waals surface area contributed by atoms with Crippen LogP contribution in [0.3, 0.4) is 0 Å². The summed E-state index contributed by atoms with van der Waals surface area (Å²) < 4.78 is 16.2. The maximum absolute atomic E-state index is 14.6. The molecule has 232 valence electrons. The van der Waals surface area contributed by atoms with E-state index in [1.165, 1.54) is 24.0 Å². The Labute approximate surface area is 260 Å². The first-order chi connectivity index (χ1) is 21.7. The summed E-state index contributed by atoms with van der Waals surface area (Å²) in [5, 5.41) is 12.8. The van der Waals surface area contributed by atoms with Gasteiger partial charge in [0.25, 0.3) is 11.8 Å². The zero-order chi connectivity index (χ0) is 31.9. The van der Waals surface area contributed by atoms with E-state index in [-0.39, 0.29) is 30.3 Å². The van der Waals surface area contributed by atoms with Gasteiger partial charge in [-0.1, -0.05) is 66.7 Å². The van der Waals surface area contributed by atoms with E-state index in [1.807, 2.05) is 36.4 Å². The number of carbonyl (C=O) groups excluding carboxylic acids is 4. The van der Waals surface area contributed by atoms with Crippen molar-refractivity contribution >= 4 is 23.6 Å². The molecule has 3 aromatic carbocycles. The second kappa shape index (κ2) is 14.0. The Balaban J connectivity index is 1.47. The number of halogens is 1. The number of aromatic nitrogens is 2. The van der Waals surface area contributed by atoms with Gasteiger partial charge in [-0.3, -0.25) is 23.9 Å². The number of nitrogens with one attached hydrogen (secondary N) is 3. The first-order valence-electron chi connectivity index (χ1n) is 14.8. The molecule has 0 saturated carbocycles. The predicted molar refractivity (Wildman–Crippen MR) is 167 cm³/mol. The Morgan fingerprint density at radius 3 is 2.38 bits per heavy atom. The maximum atomic E-state index is 14.6. The van der Waals surface area contributed by atoms with Gasteiger partial charge in [0.2, 0.25) is 11.8 Å². The number of hydrogen-bond acceptors (Lipinski definition) is 5. The molecule has 0 unspecified atom stereocenters. The van der Waals surface area contributed by atoms with Crippen LogP contribution in [0.4, 0.5) is 4.39 Å². The zero-order valence-corrected chi connectivity index (χ0v) is 25.1. The van der Waals surface area contributed by atoms with Crippen LogP contribution in [0.25, 0.3) is 11.3 Å². The zero-order valence-electron chi connectivity index (χ0n) is 25.1. The summed E-state index contributed by atoms with van der Waals surface area (Å²) in [5.74, 6) is -2.82. The average Bonchev–Trinajstić information content (AvgIpc) is 3.44. The number of rotatable bonds is 3. The van der Waals surface area contributed by atoms with Gasteiger partial charge in [0.05, 0.1) is 23.8 Å². The molecule has 45 heavy (non-hydrogen) atoms. The lowest BCUT2D eigenvalue weighted by Gasteiger charge is -2.29. The SMILES string of the molecule is C[C@H]1NC(=O)c2cc(ccc2F)CCCNC(=O)CN(C(=O)c2cc(-c3ccccc3)n(C)n2)C[C@H](c2ccccc2)NC1=O. The van der Waals surface area contributed by atoms with Gasteiger partial charge in [0.1, 0.15) is 11.9 Å². The molecule has 0 fully saturated rings. The summed E-state index contributed by atoms with van der Waals surface area (Å²) in [4.78, 5) is 54.9. The molecule has 5 rings (SSSR count). The van der Waals surface area contributed by atoms with E-state index in [4.69, 9.17) is 0 Å². The predicted octanol–water partition coefficient (Wildman–Crippen LogP) is 3.41. The fourth-order valence-corrected chi connectivity index (χ4v) is 5.26. The highest BCUT2D eigenvalue weighted by atomic mass is 19.1. The van der Waals surface area contributed by atoms with Crippen LogP contribution < -0.4 is 16.0 Å². The third-order valence-corrected chi connectivity index (χ3v) is 7.69. The van der Waals surface area contributed by atoms with E-state index in [1.54, 1.807) is 48.1 Å². The highest BCUT2D eigenvalue weighted by Crippen LogP contribution is 2.22. The molecule has 4 amide bonds. The number of nitrogens with zero attached hydrogens (tertiary/aromatic N) is 3. The average molecular weight is 611 g/mol. The highest BCUT2D eigenvalue weighted by molar-refractivity contribution is 5.98. The standard InChI is InChI=1S/C34H35FN6O4/c1-22-32(43)38-29(24-11-5-3-6-12-24)20-41(34(45)28-19-30(40(2)39-28)25-13-7-4-8-14-25)21-31(42)36-17-9-10-23-15-16-27(35)26(18-23)33(44)37-22/h3-8,11-16,18-19,22,29H,9-10,17,20-21H2,1-2H3,(H,36,42)(H,37,44)(H,38,43)/t22-,29-/m1/s1. The first kappa shape index (κ1) is 31.1. The van der Waals surface area contributed by atoms with Crippen LogP contribution in [-0.4, -0.2) is 64.0 Å². The van der Waals surface area contributed by atoms with Gasteiger partial charge < -0.3 is 20.9 Å². The van der Waals surface area contributed by atoms with E-state index in [9.17, 15) is 23.6 Å². The van der Waals surface area contributed by atoms with E-state index in [2.05, 4.69) is 21.0 Å². The van der Waals surface area contributed by atoms with Crippen molar-refractivity contribution in [2.24, 2.45) is 7.05 Å². The minimum atomic E-state index is -1.03. The molecular formula is C34H35FN6O4. The second-order valence-electron chi connectivity index (χ2n) is 11.0. The molecule has 2 atom stereocenters. The normalized spacial score (nSPS) is 18.4. The second-order valence-corrected chi connectivity index (χ2v) is 11.0. The van der Waals surface area contributed by atoms with Crippen molar-refractivity contribution in [3.05, 3.63) is 113 Å². The fourth-order valence-electron chi connectivity index (χ4n) is 5.26. The Morgan fingerprint density at radius 2 is 1.64 bits per heavy atom. The minimum Gasteiger partial charge on any atom is -0.355 e. The minimum absolute atomic E-state index is 0.0602. The number of amides is 4. The van der Waals surface area contributed by atoms with E-state index in [0.717, 1.165) is 11.3 Å². The lowest BCUT2D eigenvalue weighted by atomic mass is 10.0. The van der Waals surface area contributed by atoms with Crippen LogP contribution in [0.5, 0.6) is 0 Å². The number of carbonyl (C=O) groups is 4. The fraction of sp³-hybridized carbons (Fsp3) is 0.265. The molecule has 0 spiro atoms. The summed E-state index contributed by atoms with van der Waals surface area (Å²) in [6.07, 6.45) is 1.00. The van der Waals surface area contributed by atoms with Gasteiger partial charge in [-0.2, -0.15) is 5.10 Å². The number of hydrogen-bond donors (Lipinski definition) is 3. The maximum Gasteiger partial charge on any atom is 0.274 e. The molecule has 1 aliphatic rings. The van der Waals surface area contributed by atoms with Gasteiger partial charge in [-0.25, -0.2) is 4.39 Å². The smallest absolute Gasteiger partial charge is 0.274 e. The highest BCUT2D eigenvalue weighted by Gasteiger charge is 2.29. The number of aryl methyl sites for hydroxylation is 2. The van der Waals surface area contributed by atoms with Crippen molar-refractivity contribution in [2.75, 3.05) is 19.6 Å². The molecule has 1 aromatic heterocycles. The summed E-state index contributed by atoms with van der Waals surface area (Å²) in [6, 6.07) is 22.7. The molecule has 4 aromatic rings. The first-order valence-corrected chi connectivity index (χ1v) is 14.8. The Morgan fingerprint density at radius 1 is 0.933 bits per heavy atom. The van der Waals surface area contributed by atoms with Gasteiger partial charge in [-0.05, 0) is 54.7 Å². The van der Waals surface area contributed by atoms with Crippen LogP contribution in [0, 0.1) is 5.82 Å². The third-order valence-electron chi connectivity index (χ3n) is 7.69. The van der Waals surface area contributed by atoms with Crippen molar-refractivity contribution in [2.45, 2.75) is 31.8 Å². The third kappa shape index (κ3) is 7.61. The lowest BCUT2D eigenvalue weighted by Crippen LogP contribution is -2.49. The van der Waals surface area contributed by atoms with Gasteiger partial charge >= 0.3 is 0 Å². The van der Waals surface area contributed by atoms with Gasteiger partial charge in [-0.15, -0.1) is 0 Å². The quantitative estimate of drug-likeness (QED) is 0.328. The van der Waals surface area contributed by atoms with Gasteiger partial charge in [0, 0.05) is 20.1 Å². The number of benzene rings is 3. The number of fused-ring (bicyclic) bond motifs is 2. The summed E-state index contributed by atoms with van der Waals surface area (Å²) in [5.41, 5.74) is 2.99. The molecule has 1 aliphatic heterocycles. The van der Waals surface area contributed by atoms with Crippen molar-refractivity contribution in [3.63, 3.8) is 0 Å². The molecule has 3 N–H and O–H groups in total. The van der Waals surface area contributed by atoms with Crippen molar-refractivity contribution in [1.82, 2.24) is 30.6 Å². The monoisotopic (exact) mass is 610 g/mol. The molecular weight excluding hydrogens is 575 g/mol. The molecule has 2 heterocycles. The summed E-state index contributed by atoms with van der Waals surface area (Å²) >= 11 is 0. The van der Waals surface area contributed by atoms with Crippen LogP contribution in [0.15, 0.2) is 84.9 Å². The van der Waals surface area contributed by atoms with Crippen LogP contribution in [-0.2, 0) is 23.1 Å². The molecule has 0 saturated heterocycles. The molecule has 2 bridgehead atoms. The van der Waals surface area contributed by atoms with Crippen LogP contribution >= 0.6 is 0 Å². The topological polar surface area (TPSA) is 125 Å². The Bertz CT molecular complexity index is 1690. The van der Waals surface area contributed by atoms with E-state index < -0.39 is 35.6 Å². The largest absolute Gasteiger partial charge is 0.355 e. The van der Waals surface area contributed by atoms with Crippen molar-refractivity contribution in [3.8, 4) is 11.3 Å². The molecule has 11 heteroatoms. The van der Waals surface area contributed by atoms with E-state index >= 15 is 0 Å². The van der Waals surface area contributed by atoms with Gasteiger partial charge in [0.15, 0.2) is 5.69 Å². The van der Waals surface area contributed by atoms with Crippen LogP contribution in [0.1, 0.15) is 51.4 Å². The van der Waals surface area contributed by atoms with Crippen molar-refractivity contribution < 1.29 is 23.6 Å². The van der Waals surface area contributed by atoms with Crippen LogP contribution in [0.2, 0.25) is 0 Å². The summed E-state index contributed by atoms with van der Waals surface area (Å²) in [7, 11) is 1.74. The summed E-state index contributed by atoms with van der Waals surface area (Å²) in [6.45, 7) is 1.47. The molecule has 10 nitrogen and oxygen atoms in total.